The molecule has 1 N–H and O–H groups in total. The monoisotopic (exact) mass is 313 g/mol. The standard InChI is InChI=1S/C17H15NO5/c1-22-16(20)11-3-8-15(17(21)23-2)12(9-11)10-18-13-4-6-14(19)7-5-13/h3-10,19H,1-2H3. The van der Waals surface area contributed by atoms with Crippen LogP contribution in [0.2, 0.25) is 0 Å². The predicted octanol–water partition coefficient (Wildman–Crippen LogP) is 2.72. The maximum absolute atomic E-state index is 11.8. The van der Waals surface area contributed by atoms with Crippen LogP contribution in [0.3, 0.4) is 0 Å². The quantitative estimate of drug-likeness (QED) is 0.693. The number of hydrogen-bond donors (Lipinski definition) is 1. The fraction of sp³-hybridized carbons (Fsp3) is 0.118. The largest absolute Gasteiger partial charge is 0.508 e. The van der Waals surface area contributed by atoms with Gasteiger partial charge in [-0.3, -0.25) is 4.99 Å². The van der Waals surface area contributed by atoms with Crippen LogP contribution < -0.4 is 0 Å². The third kappa shape index (κ3) is 3.94. The topological polar surface area (TPSA) is 85.2 Å². The second-order valence-corrected chi connectivity index (χ2v) is 4.56. The summed E-state index contributed by atoms with van der Waals surface area (Å²) in [6.07, 6.45) is 1.45. The molecule has 118 valence electrons. The first-order valence-corrected chi connectivity index (χ1v) is 6.69. The summed E-state index contributed by atoms with van der Waals surface area (Å²) < 4.78 is 9.39. The summed E-state index contributed by atoms with van der Waals surface area (Å²) in [5, 5.41) is 9.25. The second-order valence-electron chi connectivity index (χ2n) is 4.56. The lowest BCUT2D eigenvalue weighted by atomic mass is 10.0. The molecule has 0 saturated heterocycles. The number of phenols is 1. The molecule has 0 bridgehead atoms. The Morgan fingerprint density at radius 3 is 2.26 bits per heavy atom. The van der Waals surface area contributed by atoms with E-state index in [2.05, 4.69) is 9.73 Å². The Bertz CT molecular complexity index is 750. The minimum absolute atomic E-state index is 0.131. The zero-order valence-electron chi connectivity index (χ0n) is 12.6. The van der Waals surface area contributed by atoms with Crippen molar-refractivity contribution in [3.63, 3.8) is 0 Å². The van der Waals surface area contributed by atoms with Crippen LogP contribution in [-0.2, 0) is 9.47 Å². The Labute approximate surface area is 133 Å². The molecule has 0 radical (unpaired) electrons. The Hall–Kier alpha value is -3.15. The highest BCUT2D eigenvalue weighted by Gasteiger charge is 2.14. The zero-order valence-corrected chi connectivity index (χ0v) is 12.6. The molecule has 0 amide bonds. The highest BCUT2D eigenvalue weighted by atomic mass is 16.5. The third-order valence-corrected chi connectivity index (χ3v) is 3.08. The zero-order chi connectivity index (χ0) is 16.8. The molecular formula is C17H15NO5. The number of aromatic hydroxyl groups is 1. The molecule has 0 unspecified atom stereocenters. The van der Waals surface area contributed by atoms with E-state index in [1.165, 1.54) is 50.8 Å². The maximum atomic E-state index is 11.8. The Balaban J connectivity index is 2.42. The highest BCUT2D eigenvalue weighted by molar-refractivity contribution is 6.02. The van der Waals surface area contributed by atoms with Gasteiger partial charge in [-0.1, -0.05) is 0 Å². The maximum Gasteiger partial charge on any atom is 0.338 e. The summed E-state index contributed by atoms with van der Waals surface area (Å²) in [6, 6.07) is 10.7. The van der Waals surface area contributed by atoms with Gasteiger partial charge in [0, 0.05) is 11.8 Å². The molecule has 0 aromatic heterocycles. The van der Waals surface area contributed by atoms with E-state index >= 15 is 0 Å². The van der Waals surface area contributed by atoms with Gasteiger partial charge in [0.1, 0.15) is 5.75 Å². The molecule has 0 saturated carbocycles. The minimum atomic E-state index is -0.534. The van der Waals surface area contributed by atoms with E-state index in [0.717, 1.165) is 0 Å². The average molecular weight is 313 g/mol. The van der Waals surface area contributed by atoms with Gasteiger partial charge < -0.3 is 14.6 Å². The number of phenolic OH excluding ortho intramolecular Hbond substituents is 1. The van der Waals surface area contributed by atoms with Crippen molar-refractivity contribution in [3.05, 3.63) is 59.2 Å². The summed E-state index contributed by atoms with van der Waals surface area (Å²) in [5.41, 5.74) is 1.59. The number of aliphatic imine (C=N–C) groups is 1. The molecular weight excluding hydrogens is 298 g/mol. The van der Waals surface area contributed by atoms with E-state index in [-0.39, 0.29) is 11.3 Å². The first-order valence-electron chi connectivity index (χ1n) is 6.69. The van der Waals surface area contributed by atoms with Crippen LogP contribution in [-0.4, -0.2) is 37.5 Å². The summed E-state index contributed by atoms with van der Waals surface area (Å²) in [5.74, 6) is -0.916. The van der Waals surface area contributed by atoms with Gasteiger partial charge in [0.15, 0.2) is 0 Å². The number of hydrogen-bond acceptors (Lipinski definition) is 6. The molecule has 0 aliphatic carbocycles. The number of esters is 2. The number of benzene rings is 2. The van der Waals surface area contributed by atoms with E-state index < -0.39 is 11.9 Å². The SMILES string of the molecule is COC(=O)c1ccc(C(=O)OC)c(C=Nc2ccc(O)cc2)c1. The predicted molar refractivity (Wildman–Crippen MR) is 84.5 cm³/mol. The van der Waals surface area contributed by atoms with Crippen molar-refractivity contribution in [2.75, 3.05) is 14.2 Å². The number of carbonyl (C=O) groups excluding carboxylic acids is 2. The van der Waals surface area contributed by atoms with Crippen LogP contribution >= 0.6 is 0 Å². The van der Waals surface area contributed by atoms with Gasteiger partial charge in [0.25, 0.3) is 0 Å². The van der Waals surface area contributed by atoms with Gasteiger partial charge in [0.05, 0.1) is 31.0 Å². The highest BCUT2D eigenvalue weighted by Crippen LogP contribution is 2.18. The summed E-state index contributed by atoms with van der Waals surface area (Å²) in [4.78, 5) is 27.7. The first kappa shape index (κ1) is 16.2. The van der Waals surface area contributed by atoms with Crippen LogP contribution in [0.4, 0.5) is 5.69 Å². The van der Waals surface area contributed by atoms with Gasteiger partial charge >= 0.3 is 11.9 Å². The van der Waals surface area contributed by atoms with E-state index in [9.17, 15) is 14.7 Å². The number of rotatable bonds is 4. The van der Waals surface area contributed by atoms with Crippen molar-refractivity contribution < 1.29 is 24.2 Å². The smallest absolute Gasteiger partial charge is 0.338 e. The van der Waals surface area contributed by atoms with Crippen molar-refractivity contribution in [3.8, 4) is 5.75 Å². The van der Waals surface area contributed by atoms with Crippen molar-refractivity contribution in [2.24, 2.45) is 4.99 Å². The van der Waals surface area contributed by atoms with Crippen LogP contribution in [0.5, 0.6) is 5.75 Å². The van der Waals surface area contributed by atoms with Crippen molar-refractivity contribution in [2.45, 2.75) is 0 Å². The third-order valence-electron chi connectivity index (χ3n) is 3.08. The van der Waals surface area contributed by atoms with E-state index in [1.54, 1.807) is 12.1 Å². The van der Waals surface area contributed by atoms with Crippen LogP contribution in [0.15, 0.2) is 47.5 Å². The van der Waals surface area contributed by atoms with Gasteiger partial charge in [-0.25, -0.2) is 9.59 Å². The molecule has 6 heteroatoms. The molecule has 2 rings (SSSR count). The Kier molecular flexibility index (Phi) is 5.09. The van der Waals surface area contributed by atoms with Crippen LogP contribution in [0.1, 0.15) is 26.3 Å². The Morgan fingerprint density at radius 2 is 1.65 bits per heavy atom. The summed E-state index contributed by atoms with van der Waals surface area (Å²) in [6.45, 7) is 0. The Morgan fingerprint density at radius 1 is 1.00 bits per heavy atom. The molecule has 0 aliphatic rings. The number of methoxy groups -OCH3 is 2. The fourth-order valence-electron chi connectivity index (χ4n) is 1.89. The molecule has 0 atom stereocenters. The van der Waals surface area contributed by atoms with Gasteiger partial charge in [-0.15, -0.1) is 0 Å². The lowest BCUT2D eigenvalue weighted by Gasteiger charge is -2.06. The van der Waals surface area contributed by atoms with Crippen molar-refractivity contribution in [1.29, 1.82) is 0 Å². The van der Waals surface area contributed by atoms with Crippen LogP contribution in [0.25, 0.3) is 0 Å². The number of nitrogens with zero attached hydrogens (tertiary/aromatic N) is 1. The molecule has 0 aliphatic heterocycles. The van der Waals surface area contributed by atoms with Gasteiger partial charge in [0.2, 0.25) is 0 Å². The molecule has 0 fully saturated rings. The number of carbonyl (C=O) groups is 2. The lowest BCUT2D eigenvalue weighted by molar-refractivity contribution is 0.0586. The summed E-state index contributed by atoms with van der Waals surface area (Å²) >= 11 is 0. The summed E-state index contributed by atoms with van der Waals surface area (Å²) in [7, 11) is 2.55. The van der Waals surface area contributed by atoms with Crippen LogP contribution in [0, 0.1) is 0 Å². The van der Waals surface area contributed by atoms with Crippen molar-refractivity contribution in [1.82, 2.24) is 0 Å². The second kappa shape index (κ2) is 7.22. The van der Waals surface area contributed by atoms with E-state index in [1.807, 2.05) is 0 Å². The normalized spacial score (nSPS) is 10.5. The molecule has 6 nitrogen and oxygen atoms in total. The first-order chi connectivity index (χ1) is 11.0. The average Bonchev–Trinajstić information content (AvgIpc) is 2.59. The fourth-order valence-corrected chi connectivity index (χ4v) is 1.89. The number of ether oxygens (including phenoxy) is 2. The van der Waals surface area contributed by atoms with Crippen molar-refractivity contribution >= 4 is 23.8 Å². The molecule has 0 spiro atoms. The lowest BCUT2D eigenvalue weighted by Crippen LogP contribution is -2.08. The molecule has 2 aromatic carbocycles. The molecule has 23 heavy (non-hydrogen) atoms. The van der Waals surface area contributed by atoms with E-state index in [0.29, 0.717) is 16.8 Å². The van der Waals surface area contributed by atoms with Gasteiger partial charge in [-0.05, 0) is 42.5 Å². The molecule has 2 aromatic rings. The van der Waals surface area contributed by atoms with E-state index in [4.69, 9.17) is 4.74 Å². The van der Waals surface area contributed by atoms with Gasteiger partial charge in [-0.2, -0.15) is 0 Å². The molecule has 0 heterocycles. The minimum Gasteiger partial charge on any atom is -0.508 e.